The van der Waals surface area contributed by atoms with Gasteiger partial charge in [0, 0.05) is 17.6 Å². The minimum Gasteiger partial charge on any atom is -0.355 e. The van der Waals surface area contributed by atoms with Gasteiger partial charge >= 0.3 is 0 Å². The molecule has 0 aliphatic heterocycles. The molecule has 0 aromatic heterocycles. The zero-order valence-corrected chi connectivity index (χ0v) is 14.7. The molecule has 1 aliphatic carbocycles. The lowest BCUT2D eigenvalue weighted by atomic mass is 9.68. The van der Waals surface area contributed by atoms with E-state index in [4.69, 9.17) is 17.3 Å². The van der Waals surface area contributed by atoms with E-state index >= 15 is 0 Å². The molecule has 0 radical (unpaired) electrons. The molecule has 0 saturated heterocycles. The summed E-state index contributed by atoms with van der Waals surface area (Å²) < 4.78 is 0. The van der Waals surface area contributed by atoms with Gasteiger partial charge in [0.25, 0.3) is 0 Å². The lowest BCUT2D eigenvalue weighted by Gasteiger charge is -2.36. The maximum absolute atomic E-state index is 12.8. The first kappa shape index (κ1) is 19.3. The van der Waals surface area contributed by atoms with Crippen LogP contribution < -0.4 is 11.1 Å². The van der Waals surface area contributed by atoms with Crippen molar-refractivity contribution >= 4 is 29.9 Å². The summed E-state index contributed by atoms with van der Waals surface area (Å²) in [7, 11) is 0. The van der Waals surface area contributed by atoms with Gasteiger partial charge in [0.1, 0.15) is 0 Å². The van der Waals surface area contributed by atoms with Crippen LogP contribution in [0.1, 0.15) is 51.0 Å². The molecular formula is C17H26Cl2N2O. The quantitative estimate of drug-likeness (QED) is 0.852. The normalized spacial score (nSPS) is 18.1. The van der Waals surface area contributed by atoms with Gasteiger partial charge in [0.05, 0.1) is 5.41 Å². The molecule has 5 heteroatoms. The second-order valence-corrected chi connectivity index (χ2v) is 6.61. The van der Waals surface area contributed by atoms with Crippen molar-refractivity contribution in [2.45, 2.75) is 56.9 Å². The molecule has 1 aromatic carbocycles. The van der Waals surface area contributed by atoms with E-state index in [1.807, 2.05) is 31.2 Å². The smallest absolute Gasteiger partial charge is 0.230 e. The van der Waals surface area contributed by atoms with Crippen LogP contribution in [-0.2, 0) is 10.2 Å². The van der Waals surface area contributed by atoms with E-state index in [1.165, 1.54) is 6.42 Å². The zero-order chi connectivity index (χ0) is 15.3. The van der Waals surface area contributed by atoms with E-state index in [0.717, 1.165) is 37.7 Å². The number of nitrogens with one attached hydrogen (secondary N) is 1. The number of rotatable bonds is 5. The van der Waals surface area contributed by atoms with Crippen LogP contribution in [0.25, 0.3) is 0 Å². The Labute approximate surface area is 144 Å². The third-order valence-corrected chi connectivity index (χ3v) is 4.68. The number of hydrogen-bond acceptors (Lipinski definition) is 2. The molecule has 1 fully saturated rings. The largest absolute Gasteiger partial charge is 0.355 e. The molecule has 0 spiro atoms. The first-order valence-corrected chi connectivity index (χ1v) is 8.22. The number of nitrogens with two attached hydrogens (primary N) is 1. The van der Waals surface area contributed by atoms with Crippen LogP contribution in [0, 0.1) is 0 Å². The van der Waals surface area contributed by atoms with Gasteiger partial charge in [-0.05, 0) is 43.9 Å². The van der Waals surface area contributed by atoms with Crippen LogP contribution in [0.3, 0.4) is 0 Å². The van der Waals surface area contributed by atoms with E-state index in [1.54, 1.807) is 0 Å². The van der Waals surface area contributed by atoms with Gasteiger partial charge in [0.15, 0.2) is 0 Å². The van der Waals surface area contributed by atoms with E-state index in [2.05, 4.69) is 5.32 Å². The molecule has 3 N–H and O–H groups in total. The summed E-state index contributed by atoms with van der Waals surface area (Å²) >= 11 is 5.98. The molecule has 1 aromatic rings. The van der Waals surface area contributed by atoms with Crippen molar-refractivity contribution in [2.24, 2.45) is 5.73 Å². The Morgan fingerprint density at radius 1 is 1.27 bits per heavy atom. The van der Waals surface area contributed by atoms with Crippen molar-refractivity contribution in [3.05, 3.63) is 34.9 Å². The fraction of sp³-hybridized carbons (Fsp3) is 0.588. The minimum absolute atomic E-state index is 0. The van der Waals surface area contributed by atoms with Crippen molar-refractivity contribution < 1.29 is 4.79 Å². The van der Waals surface area contributed by atoms with Gasteiger partial charge in [-0.3, -0.25) is 4.79 Å². The fourth-order valence-corrected chi connectivity index (χ4v) is 3.28. The molecule has 1 atom stereocenters. The van der Waals surface area contributed by atoms with Crippen LogP contribution in [-0.4, -0.2) is 18.5 Å². The average molecular weight is 345 g/mol. The van der Waals surface area contributed by atoms with E-state index in [-0.39, 0.29) is 29.8 Å². The SMILES string of the molecule is CC(N)CCNC(=O)C1(c2ccc(Cl)cc2)CCCCC1.Cl. The highest BCUT2D eigenvalue weighted by Gasteiger charge is 2.40. The van der Waals surface area contributed by atoms with Crippen molar-refractivity contribution in [1.82, 2.24) is 5.32 Å². The molecule has 1 aliphatic rings. The van der Waals surface area contributed by atoms with Crippen molar-refractivity contribution in [1.29, 1.82) is 0 Å². The van der Waals surface area contributed by atoms with E-state index in [9.17, 15) is 4.79 Å². The molecule has 1 saturated carbocycles. The number of carbonyl (C=O) groups excluding carboxylic acids is 1. The van der Waals surface area contributed by atoms with E-state index in [0.29, 0.717) is 11.6 Å². The Balaban J connectivity index is 0.00000242. The molecule has 1 unspecified atom stereocenters. The number of carbonyl (C=O) groups is 1. The lowest BCUT2D eigenvalue weighted by Crippen LogP contribution is -2.46. The van der Waals surface area contributed by atoms with Gasteiger partial charge in [-0.25, -0.2) is 0 Å². The number of hydrogen-bond donors (Lipinski definition) is 2. The summed E-state index contributed by atoms with van der Waals surface area (Å²) in [5, 5.41) is 3.80. The van der Waals surface area contributed by atoms with Gasteiger partial charge < -0.3 is 11.1 Å². The Morgan fingerprint density at radius 2 is 1.86 bits per heavy atom. The first-order valence-electron chi connectivity index (χ1n) is 7.84. The van der Waals surface area contributed by atoms with Crippen LogP contribution in [0.15, 0.2) is 24.3 Å². The Kier molecular flexibility index (Phi) is 7.67. The first-order chi connectivity index (χ1) is 10.0. The predicted molar refractivity (Wildman–Crippen MR) is 94.7 cm³/mol. The highest BCUT2D eigenvalue weighted by atomic mass is 35.5. The molecule has 0 heterocycles. The predicted octanol–water partition coefficient (Wildman–Crippen LogP) is 3.82. The van der Waals surface area contributed by atoms with Crippen LogP contribution in [0.4, 0.5) is 0 Å². The van der Waals surface area contributed by atoms with Crippen molar-refractivity contribution in [2.75, 3.05) is 6.54 Å². The van der Waals surface area contributed by atoms with Gasteiger partial charge in [-0.1, -0.05) is 43.0 Å². The molecule has 124 valence electrons. The number of benzene rings is 1. The van der Waals surface area contributed by atoms with Crippen LogP contribution >= 0.6 is 24.0 Å². The van der Waals surface area contributed by atoms with Crippen molar-refractivity contribution in [3.63, 3.8) is 0 Å². The number of amides is 1. The third kappa shape index (κ3) is 4.61. The molecule has 2 rings (SSSR count). The van der Waals surface area contributed by atoms with Gasteiger partial charge in [0.2, 0.25) is 5.91 Å². The fourth-order valence-electron chi connectivity index (χ4n) is 3.15. The van der Waals surface area contributed by atoms with Crippen LogP contribution in [0.2, 0.25) is 5.02 Å². The maximum Gasteiger partial charge on any atom is 0.230 e. The Bertz CT molecular complexity index is 468. The topological polar surface area (TPSA) is 55.1 Å². The van der Waals surface area contributed by atoms with Gasteiger partial charge in [-0.2, -0.15) is 0 Å². The lowest BCUT2D eigenvalue weighted by molar-refractivity contribution is -0.128. The number of halogens is 2. The highest BCUT2D eigenvalue weighted by Crippen LogP contribution is 2.40. The summed E-state index contributed by atoms with van der Waals surface area (Å²) in [6.07, 6.45) is 6.05. The van der Waals surface area contributed by atoms with Crippen molar-refractivity contribution in [3.8, 4) is 0 Å². The summed E-state index contributed by atoms with van der Waals surface area (Å²) in [6, 6.07) is 7.87. The van der Waals surface area contributed by atoms with Gasteiger partial charge in [-0.15, -0.1) is 12.4 Å². The highest BCUT2D eigenvalue weighted by molar-refractivity contribution is 6.30. The third-order valence-electron chi connectivity index (χ3n) is 4.42. The molecule has 1 amide bonds. The average Bonchev–Trinajstić information content (AvgIpc) is 2.48. The summed E-state index contributed by atoms with van der Waals surface area (Å²) in [5.74, 6) is 0.144. The van der Waals surface area contributed by atoms with Crippen LogP contribution in [0.5, 0.6) is 0 Å². The Morgan fingerprint density at radius 3 is 2.41 bits per heavy atom. The second kappa shape index (κ2) is 8.76. The molecule has 22 heavy (non-hydrogen) atoms. The standard InChI is InChI=1S/C17H25ClN2O.ClH/c1-13(19)9-12-20-16(21)17(10-3-2-4-11-17)14-5-7-15(18)8-6-14;/h5-8,13H,2-4,9-12,19H2,1H3,(H,20,21);1H. The molecule has 3 nitrogen and oxygen atoms in total. The van der Waals surface area contributed by atoms with E-state index < -0.39 is 0 Å². The minimum atomic E-state index is -0.388. The summed E-state index contributed by atoms with van der Waals surface area (Å²) in [4.78, 5) is 12.8. The maximum atomic E-state index is 12.8. The Hall–Kier alpha value is -0.770. The second-order valence-electron chi connectivity index (χ2n) is 6.17. The molecular weight excluding hydrogens is 319 g/mol. The monoisotopic (exact) mass is 344 g/mol. The zero-order valence-electron chi connectivity index (χ0n) is 13.1. The molecule has 0 bridgehead atoms. The summed E-state index contributed by atoms with van der Waals surface area (Å²) in [6.45, 7) is 2.60. The summed E-state index contributed by atoms with van der Waals surface area (Å²) in [5.41, 5.74) is 6.45.